The van der Waals surface area contributed by atoms with E-state index in [1.54, 1.807) is 0 Å². The first-order chi connectivity index (χ1) is 6.86. The first kappa shape index (κ1) is 9.68. The first-order valence-electron chi connectivity index (χ1n) is 5.26. The molecule has 0 radical (unpaired) electrons. The van der Waals surface area contributed by atoms with E-state index >= 15 is 0 Å². The number of aryl methyl sites for hydroxylation is 1. The second kappa shape index (κ2) is 4.57. The van der Waals surface area contributed by atoms with E-state index < -0.39 is 0 Å². The Kier molecular flexibility index (Phi) is 3.16. The Morgan fingerprint density at radius 3 is 3.29 bits per heavy atom. The van der Waals surface area contributed by atoms with Crippen LogP contribution in [-0.2, 0) is 13.5 Å². The highest BCUT2D eigenvalue weighted by Crippen LogP contribution is 1.98. The van der Waals surface area contributed by atoms with E-state index in [-0.39, 0.29) is 0 Å². The van der Waals surface area contributed by atoms with Crippen molar-refractivity contribution in [2.45, 2.75) is 18.9 Å². The summed E-state index contributed by atoms with van der Waals surface area (Å²) in [6.45, 7) is 3.29. The molecule has 14 heavy (non-hydrogen) atoms. The summed E-state index contributed by atoms with van der Waals surface area (Å²) in [4.78, 5) is 4.29. The van der Waals surface area contributed by atoms with Gasteiger partial charge in [0, 0.05) is 45.0 Å². The monoisotopic (exact) mass is 194 g/mol. The van der Waals surface area contributed by atoms with Crippen LogP contribution in [0.15, 0.2) is 12.4 Å². The maximum Gasteiger partial charge on any atom is 0.109 e. The molecular weight excluding hydrogens is 176 g/mol. The van der Waals surface area contributed by atoms with Gasteiger partial charge in [-0.15, -0.1) is 0 Å². The third-order valence-electron chi connectivity index (χ3n) is 2.76. The molecule has 2 N–H and O–H groups in total. The fraction of sp³-hybridized carbons (Fsp3) is 0.700. The second-order valence-corrected chi connectivity index (χ2v) is 3.85. The minimum atomic E-state index is 0.662. The molecule has 0 amide bonds. The number of hydrogen-bond donors (Lipinski definition) is 2. The highest BCUT2D eigenvalue weighted by atomic mass is 15.1. The van der Waals surface area contributed by atoms with Crippen LogP contribution in [0.25, 0.3) is 0 Å². The van der Waals surface area contributed by atoms with E-state index in [9.17, 15) is 0 Å². The fourth-order valence-corrected chi connectivity index (χ4v) is 1.85. The van der Waals surface area contributed by atoms with Crippen LogP contribution >= 0.6 is 0 Å². The Labute approximate surface area is 84.7 Å². The quantitative estimate of drug-likeness (QED) is 0.704. The molecule has 4 nitrogen and oxygen atoms in total. The standard InChI is InChI=1S/C10H18N4/c1-14-7-6-13-10(14)3-5-12-9-2-4-11-8-9/h6-7,9,11-12H,2-5,8H2,1H3. The van der Waals surface area contributed by atoms with Crippen LogP contribution in [0.3, 0.4) is 0 Å². The van der Waals surface area contributed by atoms with Crippen LogP contribution in [0.2, 0.25) is 0 Å². The molecule has 1 aliphatic rings. The van der Waals surface area contributed by atoms with Crippen LogP contribution in [0, 0.1) is 0 Å². The molecule has 1 aromatic rings. The predicted octanol–water partition coefficient (Wildman–Crippen LogP) is -0.0859. The number of hydrogen-bond acceptors (Lipinski definition) is 3. The van der Waals surface area contributed by atoms with Crippen molar-refractivity contribution >= 4 is 0 Å². The summed E-state index contributed by atoms with van der Waals surface area (Å²) in [6, 6.07) is 0.662. The van der Waals surface area contributed by atoms with Gasteiger partial charge in [0.2, 0.25) is 0 Å². The van der Waals surface area contributed by atoms with E-state index in [2.05, 4.69) is 20.2 Å². The lowest BCUT2D eigenvalue weighted by atomic mass is 10.2. The highest BCUT2D eigenvalue weighted by molar-refractivity contribution is 4.92. The van der Waals surface area contributed by atoms with E-state index in [1.807, 2.05) is 19.4 Å². The SMILES string of the molecule is Cn1ccnc1CCNC1CCNC1. The minimum absolute atomic E-state index is 0.662. The molecule has 1 aromatic heterocycles. The summed E-state index contributed by atoms with van der Waals surface area (Å²) in [5.74, 6) is 1.16. The van der Waals surface area contributed by atoms with E-state index in [4.69, 9.17) is 0 Å². The van der Waals surface area contributed by atoms with Crippen molar-refractivity contribution in [2.75, 3.05) is 19.6 Å². The number of rotatable bonds is 4. The maximum absolute atomic E-state index is 4.29. The molecule has 0 saturated carbocycles. The topological polar surface area (TPSA) is 41.9 Å². The van der Waals surface area contributed by atoms with Gasteiger partial charge in [-0.2, -0.15) is 0 Å². The zero-order valence-corrected chi connectivity index (χ0v) is 8.66. The average Bonchev–Trinajstić information content (AvgIpc) is 2.78. The summed E-state index contributed by atoms with van der Waals surface area (Å²) in [7, 11) is 2.04. The van der Waals surface area contributed by atoms with Gasteiger partial charge in [0.25, 0.3) is 0 Å². The summed E-state index contributed by atoms with van der Waals surface area (Å²) in [5, 5.41) is 6.88. The Morgan fingerprint density at radius 1 is 1.71 bits per heavy atom. The van der Waals surface area contributed by atoms with Crippen LogP contribution in [0.5, 0.6) is 0 Å². The number of nitrogens with zero attached hydrogens (tertiary/aromatic N) is 2. The van der Waals surface area contributed by atoms with Crippen LogP contribution < -0.4 is 10.6 Å². The lowest BCUT2D eigenvalue weighted by molar-refractivity contribution is 0.541. The molecule has 0 spiro atoms. The van der Waals surface area contributed by atoms with Gasteiger partial charge < -0.3 is 15.2 Å². The molecule has 1 atom stereocenters. The summed E-state index contributed by atoms with van der Waals surface area (Å²) in [5.41, 5.74) is 0. The Balaban J connectivity index is 1.70. The van der Waals surface area contributed by atoms with Crippen LogP contribution in [0.1, 0.15) is 12.2 Å². The van der Waals surface area contributed by atoms with Crippen molar-refractivity contribution in [1.82, 2.24) is 20.2 Å². The van der Waals surface area contributed by atoms with Gasteiger partial charge in [-0.3, -0.25) is 0 Å². The number of imidazole rings is 1. The van der Waals surface area contributed by atoms with Crippen molar-refractivity contribution in [1.29, 1.82) is 0 Å². The normalized spacial score (nSPS) is 21.6. The Hall–Kier alpha value is -0.870. The van der Waals surface area contributed by atoms with Crippen molar-refractivity contribution < 1.29 is 0 Å². The van der Waals surface area contributed by atoms with Gasteiger partial charge >= 0.3 is 0 Å². The zero-order chi connectivity index (χ0) is 9.80. The third-order valence-corrected chi connectivity index (χ3v) is 2.76. The maximum atomic E-state index is 4.29. The fourth-order valence-electron chi connectivity index (χ4n) is 1.85. The molecule has 1 saturated heterocycles. The second-order valence-electron chi connectivity index (χ2n) is 3.85. The molecule has 4 heteroatoms. The molecule has 0 aliphatic carbocycles. The first-order valence-corrected chi connectivity index (χ1v) is 5.26. The van der Waals surface area contributed by atoms with Crippen molar-refractivity contribution in [3.05, 3.63) is 18.2 Å². The Morgan fingerprint density at radius 2 is 2.64 bits per heavy atom. The highest BCUT2D eigenvalue weighted by Gasteiger charge is 2.12. The third kappa shape index (κ3) is 2.33. The van der Waals surface area contributed by atoms with Gasteiger partial charge in [-0.1, -0.05) is 0 Å². The van der Waals surface area contributed by atoms with Gasteiger partial charge in [0.15, 0.2) is 0 Å². The van der Waals surface area contributed by atoms with Crippen molar-refractivity contribution in [2.24, 2.45) is 7.05 Å². The van der Waals surface area contributed by atoms with Crippen LogP contribution in [-0.4, -0.2) is 35.2 Å². The molecule has 2 rings (SSSR count). The van der Waals surface area contributed by atoms with Gasteiger partial charge in [0.05, 0.1) is 0 Å². The molecule has 1 fully saturated rings. The zero-order valence-electron chi connectivity index (χ0n) is 8.66. The summed E-state index contributed by atoms with van der Waals surface area (Å²) in [6.07, 6.45) is 6.11. The van der Waals surface area contributed by atoms with E-state index in [0.717, 1.165) is 31.9 Å². The molecule has 78 valence electrons. The lowest BCUT2D eigenvalue weighted by Gasteiger charge is -2.10. The smallest absolute Gasteiger partial charge is 0.109 e. The Bertz CT molecular complexity index is 275. The minimum Gasteiger partial charge on any atom is -0.338 e. The lowest BCUT2D eigenvalue weighted by Crippen LogP contribution is -2.32. The van der Waals surface area contributed by atoms with Gasteiger partial charge in [-0.25, -0.2) is 4.98 Å². The molecule has 2 heterocycles. The number of nitrogens with one attached hydrogen (secondary N) is 2. The van der Waals surface area contributed by atoms with Crippen LogP contribution in [0.4, 0.5) is 0 Å². The predicted molar refractivity (Wildman–Crippen MR) is 56.2 cm³/mol. The van der Waals surface area contributed by atoms with Crippen molar-refractivity contribution in [3.63, 3.8) is 0 Å². The van der Waals surface area contributed by atoms with E-state index in [1.165, 1.54) is 6.42 Å². The van der Waals surface area contributed by atoms with Gasteiger partial charge in [0.1, 0.15) is 5.82 Å². The molecular formula is C10H18N4. The molecule has 0 aromatic carbocycles. The number of aromatic nitrogens is 2. The molecule has 0 bridgehead atoms. The molecule has 1 aliphatic heterocycles. The summed E-state index contributed by atoms with van der Waals surface area (Å²) >= 11 is 0. The largest absolute Gasteiger partial charge is 0.338 e. The average molecular weight is 194 g/mol. The van der Waals surface area contributed by atoms with E-state index in [0.29, 0.717) is 6.04 Å². The summed E-state index contributed by atoms with van der Waals surface area (Å²) < 4.78 is 2.08. The van der Waals surface area contributed by atoms with Gasteiger partial charge in [-0.05, 0) is 13.0 Å². The molecule has 1 unspecified atom stereocenters. The van der Waals surface area contributed by atoms with Crippen molar-refractivity contribution in [3.8, 4) is 0 Å².